The molecule has 2 aromatic heterocycles. The second-order valence-corrected chi connectivity index (χ2v) is 6.03. The van der Waals surface area contributed by atoms with Gasteiger partial charge in [0.25, 0.3) is 5.56 Å². The Kier molecular flexibility index (Phi) is 4.75. The Hall–Kier alpha value is -3.16. The fraction of sp³-hybridized carbons (Fsp3) is 0.333. The third kappa shape index (κ3) is 2.94. The zero-order chi connectivity index (χ0) is 18.8. The normalized spacial score (nSPS) is 12.3. The van der Waals surface area contributed by atoms with E-state index in [1.165, 1.54) is 22.5 Å². The summed E-state index contributed by atoms with van der Waals surface area (Å²) in [6.45, 7) is 1.89. The number of carbonyl (C=O) groups excluding carboxylic acids is 1. The van der Waals surface area contributed by atoms with E-state index >= 15 is 0 Å². The van der Waals surface area contributed by atoms with Crippen LogP contribution in [0.2, 0.25) is 0 Å². The summed E-state index contributed by atoms with van der Waals surface area (Å²) in [6, 6.07) is 9.11. The number of benzene rings is 1. The van der Waals surface area contributed by atoms with Gasteiger partial charge < -0.3 is 4.74 Å². The lowest BCUT2D eigenvalue weighted by Gasteiger charge is -2.20. The highest BCUT2D eigenvalue weighted by molar-refractivity contribution is 5.72. The van der Waals surface area contributed by atoms with Gasteiger partial charge in [0.1, 0.15) is 6.33 Å². The Morgan fingerprint density at radius 1 is 1.15 bits per heavy atom. The standard InChI is InChI=1S/C18H20N4O4/c1-4-8-13(23)26-17(12-9-6-5-7-10-12)22-11-19-15-14(22)16(24)21(3)18(25)20(15)2/h5-7,9-11,17H,4,8H2,1-3H3. The molecule has 0 aliphatic heterocycles. The highest BCUT2D eigenvalue weighted by atomic mass is 16.6. The van der Waals surface area contributed by atoms with Crippen molar-refractivity contribution in [1.29, 1.82) is 0 Å². The molecule has 26 heavy (non-hydrogen) atoms. The smallest absolute Gasteiger partial charge is 0.332 e. The number of esters is 1. The molecule has 2 heterocycles. The van der Waals surface area contributed by atoms with Crippen molar-refractivity contribution in [3.8, 4) is 0 Å². The Balaban J connectivity index is 2.23. The van der Waals surface area contributed by atoms with Gasteiger partial charge in [0.15, 0.2) is 11.2 Å². The van der Waals surface area contributed by atoms with E-state index < -0.39 is 17.5 Å². The molecule has 0 amide bonds. The first kappa shape index (κ1) is 17.7. The number of fused-ring (bicyclic) bond motifs is 1. The SMILES string of the molecule is CCCC(=O)OC(c1ccccc1)n1cnc2c1c(=O)n(C)c(=O)n2C. The van der Waals surface area contributed by atoms with Crippen LogP contribution in [0.4, 0.5) is 0 Å². The van der Waals surface area contributed by atoms with Crippen molar-refractivity contribution < 1.29 is 9.53 Å². The monoisotopic (exact) mass is 356 g/mol. The van der Waals surface area contributed by atoms with Gasteiger partial charge in [-0.05, 0) is 6.42 Å². The third-order valence-corrected chi connectivity index (χ3v) is 4.21. The number of imidazole rings is 1. The molecule has 3 rings (SSSR count). The minimum Gasteiger partial charge on any atom is -0.437 e. The Labute approximate surface area is 149 Å². The Morgan fingerprint density at radius 2 is 1.85 bits per heavy atom. The summed E-state index contributed by atoms with van der Waals surface area (Å²) < 4.78 is 9.45. The molecule has 1 atom stereocenters. The van der Waals surface area contributed by atoms with Gasteiger partial charge in [-0.1, -0.05) is 37.3 Å². The van der Waals surface area contributed by atoms with Crippen molar-refractivity contribution >= 4 is 17.1 Å². The van der Waals surface area contributed by atoms with Gasteiger partial charge >= 0.3 is 11.7 Å². The molecule has 0 spiro atoms. The van der Waals surface area contributed by atoms with Crippen LogP contribution in [0.3, 0.4) is 0 Å². The van der Waals surface area contributed by atoms with Crippen molar-refractivity contribution in [3.05, 3.63) is 63.1 Å². The molecule has 0 N–H and O–H groups in total. The molecule has 1 unspecified atom stereocenters. The number of hydrogen-bond donors (Lipinski definition) is 0. The van der Waals surface area contributed by atoms with Gasteiger partial charge in [0, 0.05) is 26.1 Å². The number of aryl methyl sites for hydroxylation is 1. The molecule has 0 fully saturated rings. The largest absolute Gasteiger partial charge is 0.437 e. The first-order valence-corrected chi connectivity index (χ1v) is 8.32. The van der Waals surface area contributed by atoms with Crippen molar-refractivity contribution in [3.63, 3.8) is 0 Å². The van der Waals surface area contributed by atoms with Gasteiger partial charge in [-0.25, -0.2) is 9.78 Å². The van der Waals surface area contributed by atoms with Crippen LogP contribution in [0.1, 0.15) is 31.6 Å². The minimum absolute atomic E-state index is 0.202. The summed E-state index contributed by atoms with van der Waals surface area (Å²) in [7, 11) is 2.95. The van der Waals surface area contributed by atoms with Crippen molar-refractivity contribution in [1.82, 2.24) is 18.7 Å². The zero-order valence-corrected chi connectivity index (χ0v) is 14.9. The van der Waals surface area contributed by atoms with Crippen LogP contribution < -0.4 is 11.2 Å². The van der Waals surface area contributed by atoms with E-state index in [1.807, 2.05) is 37.3 Å². The number of ether oxygens (including phenoxy) is 1. The van der Waals surface area contributed by atoms with Gasteiger partial charge in [-0.2, -0.15) is 0 Å². The summed E-state index contributed by atoms with van der Waals surface area (Å²) in [4.78, 5) is 41.1. The highest BCUT2D eigenvalue weighted by Crippen LogP contribution is 2.23. The molecule has 0 bridgehead atoms. The molecule has 136 valence electrons. The summed E-state index contributed by atoms with van der Waals surface area (Å²) in [5.74, 6) is -0.371. The van der Waals surface area contributed by atoms with Gasteiger partial charge in [0.05, 0.1) is 0 Å². The van der Waals surface area contributed by atoms with Crippen LogP contribution in [0.25, 0.3) is 11.2 Å². The van der Waals surface area contributed by atoms with Crippen LogP contribution in [-0.2, 0) is 23.6 Å². The average Bonchev–Trinajstić information content (AvgIpc) is 3.08. The van der Waals surface area contributed by atoms with Crippen LogP contribution in [0.15, 0.2) is 46.2 Å². The molecule has 8 heteroatoms. The fourth-order valence-electron chi connectivity index (χ4n) is 2.83. The Morgan fingerprint density at radius 3 is 2.50 bits per heavy atom. The van der Waals surface area contributed by atoms with Crippen LogP contribution >= 0.6 is 0 Å². The third-order valence-electron chi connectivity index (χ3n) is 4.21. The first-order valence-electron chi connectivity index (χ1n) is 8.32. The molecule has 0 saturated heterocycles. The van der Waals surface area contributed by atoms with E-state index in [-0.39, 0.29) is 23.6 Å². The van der Waals surface area contributed by atoms with E-state index in [2.05, 4.69) is 4.98 Å². The second-order valence-electron chi connectivity index (χ2n) is 6.03. The van der Waals surface area contributed by atoms with Crippen molar-refractivity contribution in [2.24, 2.45) is 14.1 Å². The predicted molar refractivity (Wildman–Crippen MR) is 95.8 cm³/mol. The maximum Gasteiger partial charge on any atom is 0.332 e. The van der Waals surface area contributed by atoms with Crippen molar-refractivity contribution in [2.45, 2.75) is 26.0 Å². The summed E-state index contributed by atoms with van der Waals surface area (Å²) in [6.07, 6.45) is 1.50. The average molecular weight is 356 g/mol. The fourth-order valence-corrected chi connectivity index (χ4v) is 2.83. The van der Waals surface area contributed by atoms with E-state index in [0.717, 1.165) is 4.57 Å². The number of aromatic nitrogens is 4. The van der Waals surface area contributed by atoms with Gasteiger partial charge in [0.2, 0.25) is 6.23 Å². The summed E-state index contributed by atoms with van der Waals surface area (Å²) >= 11 is 0. The molecule has 3 aromatic rings. The lowest BCUT2D eigenvalue weighted by molar-refractivity contribution is -0.150. The van der Waals surface area contributed by atoms with E-state index in [4.69, 9.17) is 4.74 Å². The molecule has 0 radical (unpaired) electrons. The topological polar surface area (TPSA) is 88.1 Å². The quantitative estimate of drug-likeness (QED) is 0.644. The number of hydrogen-bond acceptors (Lipinski definition) is 5. The zero-order valence-electron chi connectivity index (χ0n) is 14.9. The number of carbonyl (C=O) groups is 1. The molecule has 8 nitrogen and oxygen atoms in total. The summed E-state index contributed by atoms with van der Waals surface area (Å²) in [5.41, 5.74) is 0.186. The molecular formula is C18H20N4O4. The molecule has 0 saturated carbocycles. The van der Waals surface area contributed by atoms with Gasteiger partial charge in [-0.15, -0.1) is 0 Å². The van der Waals surface area contributed by atoms with Crippen LogP contribution in [0, 0.1) is 0 Å². The molecular weight excluding hydrogens is 336 g/mol. The van der Waals surface area contributed by atoms with Crippen molar-refractivity contribution in [2.75, 3.05) is 0 Å². The predicted octanol–water partition coefficient (Wildman–Crippen LogP) is 1.32. The summed E-state index contributed by atoms with van der Waals surface area (Å²) in [5, 5.41) is 0. The van der Waals surface area contributed by atoms with Crippen LogP contribution in [-0.4, -0.2) is 24.7 Å². The van der Waals surface area contributed by atoms with E-state index in [9.17, 15) is 14.4 Å². The first-order chi connectivity index (χ1) is 12.5. The highest BCUT2D eigenvalue weighted by Gasteiger charge is 2.24. The Bertz CT molecular complexity index is 1060. The maximum absolute atomic E-state index is 12.7. The molecule has 0 aliphatic rings. The lowest BCUT2D eigenvalue weighted by Crippen LogP contribution is -2.38. The van der Waals surface area contributed by atoms with Gasteiger partial charge in [-0.3, -0.25) is 23.3 Å². The minimum atomic E-state index is -0.842. The molecule has 0 aliphatic carbocycles. The molecule has 1 aromatic carbocycles. The van der Waals surface area contributed by atoms with E-state index in [1.54, 1.807) is 7.05 Å². The number of nitrogens with zero attached hydrogens (tertiary/aromatic N) is 4. The number of rotatable bonds is 5. The maximum atomic E-state index is 12.7. The van der Waals surface area contributed by atoms with E-state index in [0.29, 0.717) is 12.0 Å². The van der Waals surface area contributed by atoms with Crippen LogP contribution in [0.5, 0.6) is 0 Å². The second kappa shape index (κ2) is 6.99. The lowest BCUT2D eigenvalue weighted by atomic mass is 10.2.